The zero-order valence-electron chi connectivity index (χ0n) is 16.6. The van der Waals surface area contributed by atoms with Crippen LogP contribution in [0.1, 0.15) is 24.5 Å². The number of benzene rings is 1. The van der Waals surface area contributed by atoms with Crippen LogP contribution in [0, 0.1) is 12.8 Å². The molecule has 7 heteroatoms. The van der Waals surface area contributed by atoms with Crippen molar-refractivity contribution in [1.29, 1.82) is 0 Å². The Bertz CT molecular complexity index is 1070. The second-order valence-electron chi connectivity index (χ2n) is 7.09. The van der Waals surface area contributed by atoms with Gasteiger partial charge in [-0.15, -0.1) is 0 Å². The fourth-order valence-corrected chi connectivity index (χ4v) is 3.34. The van der Waals surface area contributed by atoms with E-state index in [2.05, 4.69) is 16.9 Å². The first-order valence-corrected chi connectivity index (χ1v) is 9.58. The molecule has 1 aromatic carbocycles. The van der Waals surface area contributed by atoms with Crippen LogP contribution < -0.4 is 15.6 Å². The smallest absolute Gasteiger partial charge is 0.316 e. The quantitative estimate of drug-likeness (QED) is 0.692. The molecule has 2 aromatic rings. The Kier molecular flexibility index (Phi) is 6.23. The summed E-state index contributed by atoms with van der Waals surface area (Å²) < 4.78 is 20.5. The lowest BCUT2D eigenvalue weighted by atomic mass is 10.00. The molecule has 152 valence electrons. The van der Waals surface area contributed by atoms with E-state index in [9.17, 15) is 9.18 Å². The van der Waals surface area contributed by atoms with Crippen molar-refractivity contribution in [2.75, 3.05) is 12.4 Å². The zero-order valence-corrected chi connectivity index (χ0v) is 17.4. The maximum Gasteiger partial charge on any atom is 0.316 e. The van der Waals surface area contributed by atoms with Gasteiger partial charge in [0.25, 0.3) is 0 Å². The molecule has 3 rings (SSSR count). The first-order chi connectivity index (χ1) is 13.8. The summed E-state index contributed by atoms with van der Waals surface area (Å²) in [5.41, 5.74) is 3.27. The molecule has 0 saturated heterocycles. The number of anilines is 2. The number of hydrogen-bond acceptors (Lipinski definition) is 4. The van der Waals surface area contributed by atoms with Crippen molar-refractivity contribution >= 4 is 28.8 Å². The third kappa shape index (κ3) is 4.77. The largest absolute Gasteiger partial charge is 0.490 e. The van der Waals surface area contributed by atoms with Crippen molar-refractivity contribution in [3.05, 3.63) is 75.5 Å². The van der Waals surface area contributed by atoms with Gasteiger partial charge in [-0.2, -0.15) is 4.98 Å². The molecular formula is C22H23ClFN3O2. The van der Waals surface area contributed by atoms with E-state index in [1.807, 2.05) is 32.0 Å². The Morgan fingerprint density at radius 1 is 1.48 bits per heavy atom. The van der Waals surface area contributed by atoms with Gasteiger partial charge in [0.05, 0.1) is 18.3 Å². The summed E-state index contributed by atoms with van der Waals surface area (Å²) in [5.74, 6) is 0.0522. The van der Waals surface area contributed by atoms with Gasteiger partial charge in [0.15, 0.2) is 0 Å². The molecule has 1 aliphatic rings. The van der Waals surface area contributed by atoms with Crippen molar-refractivity contribution in [3.8, 4) is 5.75 Å². The lowest BCUT2D eigenvalue weighted by Gasteiger charge is -2.21. The van der Waals surface area contributed by atoms with Crippen molar-refractivity contribution in [3.63, 3.8) is 0 Å². The Labute approximate surface area is 174 Å². The van der Waals surface area contributed by atoms with E-state index in [0.29, 0.717) is 18.9 Å². The standard InChI is InChI=1S/C22H23ClFN3O2/c1-13(2)16-7-5-14(3)19(10-16)25-22-26-21(28)20(29-4)12-27(22)11-15-6-8-18(24)17(23)9-15/h5,7-10,12,15H,1,6,11H2,2-4H3,(H,25,26,28). The van der Waals surface area contributed by atoms with Gasteiger partial charge in [0.1, 0.15) is 5.83 Å². The van der Waals surface area contributed by atoms with Gasteiger partial charge in [-0.25, -0.2) is 4.39 Å². The minimum atomic E-state index is -0.469. The summed E-state index contributed by atoms with van der Waals surface area (Å²) in [6, 6.07) is 5.94. The van der Waals surface area contributed by atoms with Crippen LogP contribution in [0.3, 0.4) is 0 Å². The van der Waals surface area contributed by atoms with Gasteiger partial charge >= 0.3 is 5.56 Å². The Morgan fingerprint density at radius 2 is 2.24 bits per heavy atom. The van der Waals surface area contributed by atoms with Gasteiger partial charge in [0, 0.05) is 18.2 Å². The van der Waals surface area contributed by atoms with E-state index in [0.717, 1.165) is 22.4 Å². The van der Waals surface area contributed by atoms with Crippen molar-refractivity contribution in [2.24, 2.45) is 5.92 Å². The van der Waals surface area contributed by atoms with Crippen molar-refractivity contribution in [1.82, 2.24) is 9.55 Å². The average molecular weight is 416 g/mol. The van der Waals surface area contributed by atoms with Gasteiger partial charge in [-0.05, 0) is 43.5 Å². The second kappa shape index (κ2) is 8.66. The number of ether oxygens (including phenoxy) is 1. The minimum absolute atomic E-state index is 0.0422. The third-order valence-electron chi connectivity index (χ3n) is 4.80. The van der Waals surface area contributed by atoms with E-state index in [1.165, 1.54) is 13.2 Å². The van der Waals surface area contributed by atoms with E-state index in [1.54, 1.807) is 16.8 Å². The van der Waals surface area contributed by atoms with Gasteiger partial charge < -0.3 is 14.6 Å². The molecule has 1 aromatic heterocycles. The molecule has 1 aliphatic carbocycles. The molecule has 0 amide bonds. The predicted octanol–water partition coefficient (Wildman–Crippen LogP) is 5.33. The monoisotopic (exact) mass is 415 g/mol. The first-order valence-electron chi connectivity index (χ1n) is 9.21. The molecule has 0 saturated carbocycles. The molecule has 0 bridgehead atoms. The normalized spacial score (nSPS) is 16.1. The maximum absolute atomic E-state index is 13.5. The molecule has 1 unspecified atom stereocenters. The van der Waals surface area contributed by atoms with Crippen LogP contribution in [-0.4, -0.2) is 16.7 Å². The molecule has 0 fully saturated rings. The highest BCUT2D eigenvalue weighted by Gasteiger charge is 2.18. The van der Waals surface area contributed by atoms with Crippen molar-refractivity contribution in [2.45, 2.75) is 26.8 Å². The predicted molar refractivity (Wildman–Crippen MR) is 115 cm³/mol. The van der Waals surface area contributed by atoms with Gasteiger partial charge in [-0.1, -0.05) is 42.0 Å². The first kappa shape index (κ1) is 20.9. The van der Waals surface area contributed by atoms with Gasteiger partial charge in [-0.3, -0.25) is 4.79 Å². The summed E-state index contributed by atoms with van der Waals surface area (Å²) in [5, 5.41) is 3.35. The molecule has 5 nitrogen and oxygen atoms in total. The van der Waals surface area contributed by atoms with E-state index < -0.39 is 11.4 Å². The molecule has 29 heavy (non-hydrogen) atoms. The minimum Gasteiger partial charge on any atom is -0.490 e. The molecule has 1 N–H and O–H groups in total. The fourth-order valence-electron chi connectivity index (χ4n) is 3.08. The van der Waals surface area contributed by atoms with E-state index in [-0.39, 0.29) is 16.7 Å². The number of halogens is 2. The van der Waals surface area contributed by atoms with Gasteiger partial charge in [0.2, 0.25) is 11.7 Å². The molecule has 0 aliphatic heterocycles. The highest BCUT2D eigenvalue weighted by atomic mass is 35.5. The number of nitrogens with one attached hydrogen (secondary N) is 1. The highest BCUT2D eigenvalue weighted by Crippen LogP contribution is 2.29. The lowest BCUT2D eigenvalue weighted by Crippen LogP contribution is -2.21. The summed E-state index contributed by atoms with van der Waals surface area (Å²) >= 11 is 5.94. The lowest BCUT2D eigenvalue weighted by molar-refractivity contribution is 0.398. The van der Waals surface area contributed by atoms with Crippen LogP contribution >= 0.6 is 11.6 Å². The third-order valence-corrected chi connectivity index (χ3v) is 5.11. The van der Waals surface area contributed by atoms with E-state index in [4.69, 9.17) is 16.3 Å². The fraction of sp³-hybridized carbons (Fsp3) is 0.273. The van der Waals surface area contributed by atoms with E-state index >= 15 is 0 Å². The number of methoxy groups -OCH3 is 1. The molecule has 1 heterocycles. The zero-order chi connectivity index (χ0) is 21.1. The number of nitrogens with zero attached hydrogens (tertiary/aromatic N) is 2. The molecule has 0 radical (unpaired) electrons. The summed E-state index contributed by atoms with van der Waals surface area (Å²) in [7, 11) is 1.42. The van der Waals surface area contributed by atoms with Crippen LogP contribution in [0.5, 0.6) is 5.75 Å². The number of aryl methyl sites for hydroxylation is 1. The number of rotatable bonds is 6. The van der Waals surface area contributed by atoms with Crippen molar-refractivity contribution < 1.29 is 9.13 Å². The Morgan fingerprint density at radius 3 is 2.90 bits per heavy atom. The summed E-state index contributed by atoms with van der Waals surface area (Å²) in [4.78, 5) is 16.4. The summed E-state index contributed by atoms with van der Waals surface area (Å²) in [6.45, 7) is 8.33. The Balaban J connectivity index is 1.98. The topological polar surface area (TPSA) is 56.1 Å². The van der Waals surface area contributed by atoms with Crippen LogP contribution in [0.2, 0.25) is 0 Å². The second-order valence-corrected chi connectivity index (χ2v) is 7.50. The average Bonchev–Trinajstić information content (AvgIpc) is 2.68. The molecular weight excluding hydrogens is 393 g/mol. The number of aromatic nitrogens is 2. The van der Waals surface area contributed by atoms with Crippen LogP contribution in [0.15, 0.2) is 58.8 Å². The van der Waals surface area contributed by atoms with Crippen LogP contribution in [0.25, 0.3) is 5.57 Å². The van der Waals surface area contributed by atoms with Crippen LogP contribution in [-0.2, 0) is 6.54 Å². The number of allylic oxidation sites excluding steroid dienone is 5. The van der Waals surface area contributed by atoms with Crippen LogP contribution in [0.4, 0.5) is 16.0 Å². The highest BCUT2D eigenvalue weighted by molar-refractivity contribution is 6.31. The molecule has 1 atom stereocenters. The summed E-state index contributed by atoms with van der Waals surface area (Å²) in [6.07, 6.45) is 5.25. The SMILES string of the molecule is C=C(C)c1ccc(C)c(Nc2nc(=O)c(OC)cn2CC2C=C(Cl)C(F)=CC2)c1. The number of hydrogen-bond donors (Lipinski definition) is 1. The molecule has 0 spiro atoms. The maximum atomic E-state index is 13.5. The Hall–Kier alpha value is -2.86.